The van der Waals surface area contributed by atoms with Crippen LogP contribution in [0, 0.1) is 13.8 Å². The zero-order valence-corrected chi connectivity index (χ0v) is 79.4. The minimum Gasteiger partial charge on any atom is -0.314 e. The van der Waals surface area contributed by atoms with Gasteiger partial charge in [-0.2, -0.15) is 0 Å². The zero-order chi connectivity index (χ0) is 97.9. The summed E-state index contributed by atoms with van der Waals surface area (Å²) in [6, 6.07) is 162. The van der Waals surface area contributed by atoms with Gasteiger partial charge in [0.2, 0.25) is 5.78 Å². The van der Waals surface area contributed by atoms with Crippen LogP contribution in [0.4, 0.5) is 17.1 Å². The number of aryl methyl sites for hydroxylation is 2. The molecule has 0 spiro atoms. The first-order valence-corrected chi connectivity index (χ1v) is 48.6. The Morgan fingerprint density at radius 1 is 0.204 bits per heavy atom. The molecule has 0 unspecified atom stereocenters. The van der Waals surface area contributed by atoms with Gasteiger partial charge in [0.05, 0.1) is 83.8 Å². The Morgan fingerprint density at radius 2 is 0.503 bits per heavy atom. The quantitative estimate of drug-likeness (QED) is 0.104. The van der Waals surface area contributed by atoms with Gasteiger partial charge in [0.25, 0.3) is 0 Å². The summed E-state index contributed by atoms with van der Waals surface area (Å²) in [7, 11) is 0. The van der Waals surface area contributed by atoms with Gasteiger partial charge in [0.1, 0.15) is 83.6 Å². The van der Waals surface area contributed by atoms with Crippen molar-refractivity contribution in [2.24, 2.45) is 0 Å². The lowest BCUT2D eigenvalue weighted by atomic mass is 10.0. The highest BCUT2D eigenvalue weighted by molar-refractivity contribution is 6.10. The lowest BCUT2D eigenvalue weighted by molar-refractivity contribution is 0.759. The molecule has 23 heteroatoms. The van der Waals surface area contributed by atoms with Crippen LogP contribution in [0.3, 0.4) is 0 Å². The van der Waals surface area contributed by atoms with Crippen LogP contribution in [0.5, 0.6) is 0 Å². The molecule has 0 radical (unpaired) electrons. The van der Waals surface area contributed by atoms with Gasteiger partial charge < -0.3 is 18.6 Å². The fourth-order valence-corrected chi connectivity index (χ4v) is 20.0. The van der Waals surface area contributed by atoms with Crippen molar-refractivity contribution < 1.29 is 0 Å². The number of benzene rings is 20. The molecule has 0 saturated carbocycles. The molecule has 0 bridgehead atoms. The standard InChI is InChI=1S/C30H24N4.C25H16N6.C25H16N4O.C24H16N4.C20H14N4/c1-21-15-18-23(19-16-21)33(28-20-17-22(2)24-9-3-4-10-25(24)28)29-13-7-8-14-30(29)34-31-26-11-5-6-12-27(26)32-34;1-2-10-18-17(9-1)27-31(28-18)24-16-8-7-15-23(24)30-22-14-6-5-13-21(22)29-20-12-4-3-11-19(20)26-25(29)30;30-25-17-9-1-5-13-21(17)28(22-14-6-2-10-18(22)25)23-15-7-8-16-24(23)29-26-19-11-3-4-12-20(19)27-29;1-5-13-21-17(9-1)18-10-2-6-14-22(18)27(21)23-15-7-8-16-24(23)28-25-19-11-3-4-12-20(19)26-28;1-4-10-18-15(7-1)13-14-23(18)19-11-5-6-12-20(19)24-21-16-8-2-3-9-17(16)22-24/h3-20H,1-2H3;1-16H;1-16H;1-16H;1-14H. The van der Waals surface area contributed by atoms with Gasteiger partial charge in [-0.3, -0.25) is 13.8 Å². The van der Waals surface area contributed by atoms with Gasteiger partial charge in [0.15, 0.2) is 5.43 Å². The van der Waals surface area contributed by atoms with Gasteiger partial charge in [-0.05, 0) is 243 Å². The van der Waals surface area contributed by atoms with E-state index in [1.165, 1.54) is 54.6 Å². The van der Waals surface area contributed by atoms with Crippen molar-refractivity contribution in [2.45, 2.75) is 13.8 Å². The third kappa shape index (κ3) is 15.7. The normalized spacial score (nSPS) is 11.5. The zero-order valence-electron chi connectivity index (χ0n) is 79.4. The molecule has 0 amide bonds. The number of nitrogens with zero attached hydrogens (tertiary/aromatic N) is 22. The van der Waals surface area contributed by atoms with Crippen molar-refractivity contribution in [3.63, 3.8) is 0 Å². The first-order chi connectivity index (χ1) is 72.7. The predicted octanol–water partition coefficient (Wildman–Crippen LogP) is 27.6. The van der Waals surface area contributed by atoms with Crippen LogP contribution in [0.25, 0.3) is 199 Å². The van der Waals surface area contributed by atoms with E-state index in [1.54, 1.807) is 24.0 Å². The molecular weight excluding hydrogens is 1810 g/mol. The summed E-state index contributed by atoms with van der Waals surface area (Å²) in [4.78, 5) is 29.0. The second-order valence-corrected chi connectivity index (χ2v) is 35.8. The molecule has 0 aliphatic rings. The van der Waals surface area contributed by atoms with E-state index in [9.17, 15) is 4.79 Å². The van der Waals surface area contributed by atoms with E-state index in [0.29, 0.717) is 10.8 Å². The summed E-state index contributed by atoms with van der Waals surface area (Å²) in [6.45, 7) is 4.28. The third-order valence-corrected chi connectivity index (χ3v) is 26.9. The average Bonchev–Trinajstić information content (AvgIpc) is 1.57. The smallest absolute Gasteiger partial charge is 0.220 e. The SMILES string of the molecule is Cc1ccc(N(c2ccccc2-n2nc3ccccc3n2)c2ccc(C)c3ccccc23)cc1.O=c1c2ccccc2n(-c2ccccc2-n2nc3ccccc3n2)c2ccccc12.c1ccc(-n2c3ccccc3c3ccccc32)c(-n2nc3ccccc3n2)c1.c1ccc(-n2c3ccccc3n3c4ccccc4nc23)c(-n2nc3ccccc3n2)c1.c1ccc(-n2ccc3ccccc32)c(-n2nc3ccccc3n2)c1. The molecule has 147 heavy (non-hydrogen) atoms. The molecule has 30 rings (SSSR count). The first-order valence-electron chi connectivity index (χ1n) is 48.6. The minimum atomic E-state index is 0.0397. The Morgan fingerprint density at radius 3 is 0.939 bits per heavy atom. The average molecular weight is 1900 g/mol. The molecule has 0 aliphatic heterocycles. The van der Waals surface area contributed by atoms with Crippen molar-refractivity contribution >= 4 is 165 Å². The van der Waals surface area contributed by atoms with Crippen molar-refractivity contribution in [2.75, 3.05) is 4.90 Å². The highest BCUT2D eigenvalue weighted by atomic mass is 16.1. The second kappa shape index (κ2) is 37.0. The molecule has 10 heterocycles. The second-order valence-electron chi connectivity index (χ2n) is 35.8. The monoisotopic (exact) mass is 1900 g/mol. The van der Waals surface area contributed by atoms with Crippen molar-refractivity contribution in [1.29, 1.82) is 0 Å². The van der Waals surface area contributed by atoms with Crippen LogP contribution in [-0.2, 0) is 0 Å². The lowest BCUT2D eigenvalue weighted by Crippen LogP contribution is -2.14. The minimum absolute atomic E-state index is 0.0397. The molecule has 30 aromatic rings. The Hall–Kier alpha value is -20.5. The highest BCUT2D eigenvalue weighted by Crippen LogP contribution is 2.44. The first kappa shape index (κ1) is 86.8. The molecule has 0 saturated heterocycles. The molecule has 23 nitrogen and oxygen atoms in total. The van der Waals surface area contributed by atoms with Crippen LogP contribution in [0.15, 0.2) is 490 Å². The van der Waals surface area contributed by atoms with Crippen LogP contribution in [0.2, 0.25) is 0 Å². The van der Waals surface area contributed by atoms with Gasteiger partial charge in [-0.1, -0.05) is 272 Å². The largest absolute Gasteiger partial charge is 0.314 e. The van der Waals surface area contributed by atoms with Crippen molar-refractivity contribution in [3.8, 4) is 51.2 Å². The number of pyridine rings is 1. The van der Waals surface area contributed by atoms with E-state index in [4.69, 9.17) is 35.6 Å². The number of para-hydroxylation sites is 19. The number of hydrogen-bond donors (Lipinski definition) is 0. The maximum Gasteiger partial charge on any atom is 0.220 e. The molecule has 698 valence electrons. The summed E-state index contributed by atoms with van der Waals surface area (Å²) in [5.41, 5.74) is 32.5. The lowest BCUT2D eigenvalue weighted by Gasteiger charge is -2.28. The van der Waals surface area contributed by atoms with E-state index in [-0.39, 0.29) is 5.43 Å². The Balaban J connectivity index is 0.0000000935. The summed E-state index contributed by atoms with van der Waals surface area (Å²) in [5, 5.41) is 54.5. The summed E-state index contributed by atoms with van der Waals surface area (Å²) in [6.07, 6.45) is 2.09. The van der Waals surface area contributed by atoms with E-state index < -0.39 is 0 Å². The fraction of sp³-hybridized carbons (Fsp3) is 0.0161. The summed E-state index contributed by atoms with van der Waals surface area (Å²) in [5.74, 6) is 0.867. The van der Waals surface area contributed by atoms with Crippen molar-refractivity contribution in [1.82, 2.24) is 103 Å². The van der Waals surface area contributed by atoms with E-state index >= 15 is 0 Å². The Labute approximate surface area is 839 Å². The number of rotatable bonds is 12. The molecule has 0 atom stereocenters. The maximum atomic E-state index is 13.1. The third-order valence-electron chi connectivity index (χ3n) is 26.9. The number of aromatic nitrogens is 21. The summed E-state index contributed by atoms with van der Waals surface area (Å²) >= 11 is 0. The Bertz CT molecular complexity index is 10100. The molecule has 0 N–H and O–H groups in total. The highest BCUT2D eigenvalue weighted by Gasteiger charge is 2.26. The number of hydrogen-bond acceptors (Lipinski definition) is 13. The molecule has 10 aromatic heterocycles. The number of imidazole rings is 2. The summed E-state index contributed by atoms with van der Waals surface area (Å²) < 4.78 is 11.0. The van der Waals surface area contributed by atoms with Gasteiger partial charge >= 0.3 is 0 Å². The topological polar surface area (TPSA) is 211 Å². The molecule has 0 aliphatic carbocycles. The number of anilines is 3. The predicted molar refractivity (Wildman–Crippen MR) is 591 cm³/mol. The maximum absolute atomic E-state index is 13.1. The van der Waals surface area contributed by atoms with Crippen molar-refractivity contribution in [3.05, 3.63) is 507 Å². The van der Waals surface area contributed by atoms with Crippen LogP contribution in [0.1, 0.15) is 11.1 Å². The van der Waals surface area contributed by atoms with Crippen LogP contribution < -0.4 is 10.3 Å². The van der Waals surface area contributed by atoms with E-state index in [1.807, 2.05) is 249 Å². The fourth-order valence-electron chi connectivity index (χ4n) is 20.0. The van der Waals surface area contributed by atoms with E-state index in [0.717, 1.165) is 162 Å². The van der Waals surface area contributed by atoms with Gasteiger partial charge in [-0.25, -0.2) is 4.98 Å². The van der Waals surface area contributed by atoms with E-state index in [2.05, 4.69) is 299 Å². The molecule has 0 fully saturated rings. The van der Waals surface area contributed by atoms with Crippen LogP contribution in [-0.4, -0.2) is 103 Å². The van der Waals surface area contributed by atoms with Gasteiger partial charge in [-0.15, -0.1) is 75.0 Å². The number of fused-ring (bicyclic) bond motifs is 17. The molecule has 20 aromatic carbocycles. The Kier molecular flexibility index (Phi) is 21.8. The van der Waals surface area contributed by atoms with Gasteiger partial charge in [0, 0.05) is 38.8 Å². The molecular formula is C124H86N22O. The van der Waals surface area contributed by atoms with Crippen LogP contribution >= 0.6 is 0 Å².